The van der Waals surface area contributed by atoms with Gasteiger partial charge in [0.15, 0.2) is 5.96 Å². The maximum absolute atomic E-state index is 12.0. The van der Waals surface area contributed by atoms with Gasteiger partial charge in [0.25, 0.3) is 0 Å². The summed E-state index contributed by atoms with van der Waals surface area (Å²) in [7, 11) is 0. The van der Waals surface area contributed by atoms with E-state index in [1.54, 1.807) is 0 Å². The Bertz CT molecular complexity index is 809. The molecule has 0 unspecified atom stereocenters. The highest BCUT2D eigenvalue weighted by Crippen LogP contribution is 2.09. The first kappa shape index (κ1) is 24.9. The van der Waals surface area contributed by atoms with E-state index in [1.165, 1.54) is 5.56 Å². The Balaban J connectivity index is 0.00000420. The molecule has 2 rings (SSSR count). The van der Waals surface area contributed by atoms with Gasteiger partial charge in [0.2, 0.25) is 5.91 Å². The number of aromatic nitrogens is 2. The number of hydrogen-bond acceptors (Lipinski definition) is 3. The average molecular weight is 512 g/mol. The molecule has 0 aliphatic rings. The molecule has 3 N–H and O–H groups in total. The van der Waals surface area contributed by atoms with Crippen LogP contribution in [0.4, 0.5) is 0 Å². The molecule has 1 aromatic heterocycles. The highest BCUT2D eigenvalue weighted by atomic mass is 127. The number of rotatable bonds is 7. The molecule has 0 spiro atoms. The van der Waals surface area contributed by atoms with Gasteiger partial charge in [0.1, 0.15) is 5.82 Å². The molecule has 0 atom stereocenters. The summed E-state index contributed by atoms with van der Waals surface area (Å²) in [6.07, 6.45) is 3.80. The average Bonchev–Trinajstić information content (AvgIpc) is 3.01. The van der Waals surface area contributed by atoms with E-state index < -0.39 is 0 Å². The molecule has 0 fully saturated rings. The molecule has 7 nitrogen and oxygen atoms in total. The fourth-order valence-electron chi connectivity index (χ4n) is 2.73. The maximum atomic E-state index is 12.0. The lowest BCUT2D eigenvalue weighted by atomic mass is 10.1. The van der Waals surface area contributed by atoms with Crippen LogP contribution in [0.3, 0.4) is 0 Å². The summed E-state index contributed by atoms with van der Waals surface area (Å²) in [6.45, 7) is 12.1. The lowest BCUT2D eigenvalue weighted by Gasteiger charge is -2.21. The van der Waals surface area contributed by atoms with Gasteiger partial charge in [-0.25, -0.2) is 9.98 Å². The fraction of sp³-hybridized carbons (Fsp3) is 0.476. The number of amides is 1. The quantitative estimate of drug-likeness (QED) is 0.303. The van der Waals surface area contributed by atoms with Gasteiger partial charge in [0.05, 0.1) is 13.1 Å². The molecule has 8 heteroatoms. The van der Waals surface area contributed by atoms with Crippen molar-refractivity contribution in [1.29, 1.82) is 0 Å². The van der Waals surface area contributed by atoms with E-state index in [0.29, 0.717) is 12.5 Å². The van der Waals surface area contributed by atoms with Crippen LogP contribution in [0.1, 0.15) is 44.6 Å². The third-order valence-corrected chi connectivity index (χ3v) is 3.96. The van der Waals surface area contributed by atoms with Crippen LogP contribution in [0.2, 0.25) is 0 Å². The third-order valence-electron chi connectivity index (χ3n) is 3.96. The molecule has 29 heavy (non-hydrogen) atoms. The monoisotopic (exact) mass is 512 g/mol. The summed E-state index contributed by atoms with van der Waals surface area (Å²) < 4.78 is 2.11. The van der Waals surface area contributed by atoms with Crippen LogP contribution in [0, 0.1) is 6.92 Å². The Morgan fingerprint density at radius 2 is 1.93 bits per heavy atom. The Morgan fingerprint density at radius 1 is 1.21 bits per heavy atom. The first-order valence-electron chi connectivity index (χ1n) is 9.65. The van der Waals surface area contributed by atoms with Gasteiger partial charge in [-0.3, -0.25) is 4.79 Å². The maximum Gasteiger partial charge on any atom is 0.239 e. The van der Waals surface area contributed by atoms with Crippen molar-refractivity contribution in [2.45, 2.75) is 53.2 Å². The van der Waals surface area contributed by atoms with Crippen LogP contribution in [0.25, 0.3) is 0 Å². The molecule has 1 aromatic carbocycles. The van der Waals surface area contributed by atoms with E-state index in [1.807, 2.05) is 53.1 Å². The molecule has 0 radical (unpaired) electrons. The third kappa shape index (κ3) is 9.29. The number of benzene rings is 1. The molecule has 0 bridgehead atoms. The minimum atomic E-state index is -0.248. The zero-order valence-electron chi connectivity index (χ0n) is 18.0. The number of nitrogens with zero attached hydrogens (tertiary/aromatic N) is 3. The van der Waals surface area contributed by atoms with Gasteiger partial charge in [-0.15, -0.1) is 24.0 Å². The molecule has 0 saturated carbocycles. The topological polar surface area (TPSA) is 83.3 Å². The number of nitrogens with one attached hydrogen (secondary N) is 3. The Morgan fingerprint density at radius 3 is 2.55 bits per heavy atom. The minimum Gasteiger partial charge on any atom is -0.357 e. The number of hydrogen-bond donors (Lipinski definition) is 3. The number of guanidine groups is 1. The van der Waals surface area contributed by atoms with Crippen molar-refractivity contribution in [3.63, 3.8) is 0 Å². The lowest BCUT2D eigenvalue weighted by Crippen LogP contribution is -2.48. The van der Waals surface area contributed by atoms with Crippen LogP contribution >= 0.6 is 24.0 Å². The number of aryl methyl sites for hydroxylation is 1. The predicted molar refractivity (Wildman–Crippen MR) is 129 cm³/mol. The summed E-state index contributed by atoms with van der Waals surface area (Å²) in [5.74, 6) is 1.56. The summed E-state index contributed by atoms with van der Waals surface area (Å²) in [5.41, 5.74) is 2.07. The molecule has 1 heterocycles. The molecular weight excluding hydrogens is 479 g/mol. The zero-order chi connectivity index (χ0) is 20.6. The normalized spacial score (nSPS) is 11.6. The highest BCUT2D eigenvalue weighted by Gasteiger charge is 2.13. The highest BCUT2D eigenvalue weighted by molar-refractivity contribution is 14.0. The number of carbonyl (C=O) groups is 1. The summed E-state index contributed by atoms with van der Waals surface area (Å²) in [5, 5.41) is 9.19. The van der Waals surface area contributed by atoms with E-state index >= 15 is 0 Å². The second-order valence-electron chi connectivity index (χ2n) is 7.77. The SMILES string of the molecule is CCNC(=NCc1cccc(Cn2ccnc2C)c1)NCC(=O)NC(C)(C)C.I. The van der Waals surface area contributed by atoms with Crippen LogP contribution in [-0.2, 0) is 17.9 Å². The van der Waals surface area contributed by atoms with E-state index in [4.69, 9.17) is 0 Å². The van der Waals surface area contributed by atoms with E-state index in [0.717, 1.165) is 24.5 Å². The molecule has 0 aliphatic heterocycles. The van der Waals surface area contributed by atoms with Gasteiger partial charge in [-0.2, -0.15) is 0 Å². The number of imidazole rings is 1. The van der Waals surface area contributed by atoms with Crippen LogP contribution in [0.15, 0.2) is 41.7 Å². The molecule has 0 saturated heterocycles. The van der Waals surface area contributed by atoms with Crippen molar-refractivity contribution in [3.05, 3.63) is 53.6 Å². The Labute approximate surface area is 190 Å². The van der Waals surface area contributed by atoms with E-state index in [-0.39, 0.29) is 42.0 Å². The zero-order valence-corrected chi connectivity index (χ0v) is 20.3. The van der Waals surface area contributed by atoms with Crippen molar-refractivity contribution < 1.29 is 4.79 Å². The first-order valence-corrected chi connectivity index (χ1v) is 9.65. The lowest BCUT2D eigenvalue weighted by molar-refractivity contribution is -0.121. The largest absolute Gasteiger partial charge is 0.357 e. The molecule has 2 aromatic rings. The molecule has 160 valence electrons. The van der Waals surface area contributed by atoms with Crippen molar-refractivity contribution in [3.8, 4) is 0 Å². The van der Waals surface area contributed by atoms with Gasteiger partial charge in [-0.05, 0) is 45.7 Å². The smallest absolute Gasteiger partial charge is 0.239 e. The second kappa shape index (κ2) is 11.8. The predicted octanol–water partition coefficient (Wildman–Crippen LogP) is 2.83. The van der Waals surface area contributed by atoms with E-state index in [9.17, 15) is 4.79 Å². The first-order chi connectivity index (χ1) is 13.3. The van der Waals surface area contributed by atoms with Gasteiger partial charge in [-0.1, -0.05) is 24.3 Å². The van der Waals surface area contributed by atoms with Crippen LogP contribution < -0.4 is 16.0 Å². The Hall–Kier alpha value is -2.10. The molecular formula is C21H33IN6O. The van der Waals surface area contributed by atoms with Crippen molar-refractivity contribution in [1.82, 2.24) is 25.5 Å². The summed E-state index contributed by atoms with van der Waals surface area (Å²) >= 11 is 0. The van der Waals surface area contributed by atoms with Crippen LogP contribution in [0.5, 0.6) is 0 Å². The summed E-state index contributed by atoms with van der Waals surface area (Å²) in [6, 6.07) is 8.36. The summed E-state index contributed by atoms with van der Waals surface area (Å²) in [4.78, 5) is 20.9. The fourth-order valence-corrected chi connectivity index (χ4v) is 2.73. The second-order valence-corrected chi connectivity index (χ2v) is 7.77. The van der Waals surface area contributed by atoms with Crippen molar-refractivity contribution >= 4 is 35.8 Å². The van der Waals surface area contributed by atoms with Crippen molar-refractivity contribution in [2.75, 3.05) is 13.1 Å². The van der Waals surface area contributed by atoms with Crippen molar-refractivity contribution in [2.24, 2.45) is 4.99 Å². The van der Waals surface area contributed by atoms with Gasteiger partial charge >= 0.3 is 0 Å². The van der Waals surface area contributed by atoms with E-state index in [2.05, 4.69) is 48.7 Å². The minimum absolute atomic E-state index is 0. The molecule has 0 aliphatic carbocycles. The Kier molecular flexibility index (Phi) is 10.1. The number of halogens is 1. The molecule has 1 amide bonds. The number of carbonyl (C=O) groups excluding carboxylic acids is 1. The van der Waals surface area contributed by atoms with Crippen LogP contribution in [-0.4, -0.2) is 40.0 Å². The standard InChI is InChI=1S/C21H32N6O.HI/c1-6-22-20(25-14-19(28)26-21(3,4)5)24-13-17-8-7-9-18(12-17)15-27-11-10-23-16(27)2;/h7-12H,6,13-15H2,1-5H3,(H,26,28)(H2,22,24,25);1H. The van der Waals surface area contributed by atoms with Gasteiger partial charge < -0.3 is 20.5 Å². The number of aliphatic imine (C=N–C) groups is 1. The van der Waals surface area contributed by atoms with Gasteiger partial charge in [0, 0.05) is 31.0 Å².